The zero-order chi connectivity index (χ0) is 13.8. The highest BCUT2D eigenvalue weighted by atomic mass is 15.1. The molecule has 0 aliphatic heterocycles. The molecule has 1 nitrogen and oxygen atoms in total. The molecule has 0 bridgehead atoms. The number of anilines is 1. The lowest BCUT2D eigenvalue weighted by Gasteiger charge is -2.28. The van der Waals surface area contributed by atoms with Gasteiger partial charge in [-0.2, -0.15) is 0 Å². The zero-order valence-corrected chi connectivity index (χ0v) is 12.6. The van der Waals surface area contributed by atoms with Gasteiger partial charge in [0.2, 0.25) is 0 Å². The summed E-state index contributed by atoms with van der Waals surface area (Å²) in [6.45, 7) is 11.4. The molecule has 0 atom stereocenters. The maximum atomic E-state index is 2.52. The van der Waals surface area contributed by atoms with Crippen LogP contribution in [0.15, 0.2) is 42.5 Å². The van der Waals surface area contributed by atoms with E-state index >= 15 is 0 Å². The lowest BCUT2D eigenvalue weighted by Crippen LogP contribution is -2.31. The summed E-state index contributed by atoms with van der Waals surface area (Å²) in [4.78, 5) is 2.52. The molecule has 0 aromatic heterocycles. The molecule has 2 rings (SSSR count). The molecular weight excluding hydrogens is 230 g/mol. The van der Waals surface area contributed by atoms with E-state index in [1.54, 1.807) is 0 Å². The summed E-state index contributed by atoms with van der Waals surface area (Å²) in [5.74, 6) is 1.37. The van der Waals surface area contributed by atoms with Crippen LogP contribution in [0.4, 0.5) is 5.69 Å². The number of benzene rings is 2. The van der Waals surface area contributed by atoms with E-state index in [0.717, 1.165) is 13.1 Å². The van der Waals surface area contributed by atoms with Crippen molar-refractivity contribution in [2.45, 2.75) is 27.7 Å². The van der Waals surface area contributed by atoms with Gasteiger partial charge in [-0.25, -0.2) is 0 Å². The zero-order valence-electron chi connectivity index (χ0n) is 12.6. The number of nitrogens with zero attached hydrogens (tertiary/aromatic N) is 1. The van der Waals surface area contributed by atoms with Crippen molar-refractivity contribution < 1.29 is 0 Å². The van der Waals surface area contributed by atoms with Gasteiger partial charge in [0.1, 0.15) is 0 Å². The fourth-order valence-electron chi connectivity index (χ4n) is 2.54. The van der Waals surface area contributed by atoms with Crippen LogP contribution in [0.3, 0.4) is 0 Å². The lowest BCUT2D eigenvalue weighted by atomic mass is 10.1. The van der Waals surface area contributed by atoms with Gasteiger partial charge >= 0.3 is 0 Å². The molecule has 0 saturated carbocycles. The van der Waals surface area contributed by atoms with Gasteiger partial charge in [-0.15, -0.1) is 0 Å². The van der Waals surface area contributed by atoms with Gasteiger partial charge in [0.05, 0.1) is 0 Å². The van der Waals surface area contributed by atoms with Crippen molar-refractivity contribution in [2.24, 2.45) is 11.8 Å². The molecule has 0 saturated heterocycles. The molecule has 0 heterocycles. The average Bonchev–Trinajstić information content (AvgIpc) is 2.36. The van der Waals surface area contributed by atoms with E-state index in [4.69, 9.17) is 0 Å². The molecule has 102 valence electrons. The van der Waals surface area contributed by atoms with E-state index < -0.39 is 0 Å². The summed E-state index contributed by atoms with van der Waals surface area (Å²) < 4.78 is 0. The van der Waals surface area contributed by atoms with Crippen molar-refractivity contribution in [3.05, 3.63) is 42.5 Å². The maximum Gasteiger partial charge on any atom is 0.0372 e. The van der Waals surface area contributed by atoms with Gasteiger partial charge in [0.25, 0.3) is 0 Å². The molecule has 0 aliphatic carbocycles. The minimum atomic E-state index is 0.685. The molecule has 2 aromatic rings. The summed E-state index contributed by atoms with van der Waals surface area (Å²) >= 11 is 0. The first-order valence-corrected chi connectivity index (χ1v) is 7.30. The Morgan fingerprint density at radius 1 is 0.789 bits per heavy atom. The number of hydrogen-bond acceptors (Lipinski definition) is 1. The molecule has 2 aromatic carbocycles. The fourth-order valence-corrected chi connectivity index (χ4v) is 2.54. The van der Waals surface area contributed by atoms with E-state index in [1.165, 1.54) is 16.5 Å². The van der Waals surface area contributed by atoms with Crippen LogP contribution in [-0.4, -0.2) is 13.1 Å². The van der Waals surface area contributed by atoms with Gasteiger partial charge in [-0.1, -0.05) is 58.0 Å². The molecule has 0 amide bonds. The minimum absolute atomic E-state index is 0.685. The Bertz CT molecular complexity index is 518. The van der Waals surface area contributed by atoms with Gasteiger partial charge in [-0.05, 0) is 34.7 Å². The standard InChI is InChI=1S/C18H25N/c1-14(2)12-19(13-15(3)4)18-10-9-16-7-5-6-8-17(16)11-18/h5-11,14-15H,12-13H2,1-4H3. The molecule has 0 aliphatic rings. The van der Waals surface area contributed by atoms with Crippen LogP contribution in [0, 0.1) is 11.8 Å². The molecule has 0 radical (unpaired) electrons. The van der Waals surface area contributed by atoms with Gasteiger partial charge < -0.3 is 4.90 Å². The minimum Gasteiger partial charge on any atom is -0.371 e. The van der Waals surface area contributed by atoms with Crippen molar-refractivity contribution in [1.82, 2.24) is 0 Å². The smallest absolute Gasteiger partial charge is 0.0372 e. The Labute approximate surface area is 117 Å². The number of rotatable bonds is 5. The molecule has 0 unspecified atom stereocenters. The average molecular weight is 255 g/mol. The first-order valence-electron chi connectivity index (χ1n) is 7.30. The van der Waals surface area contributed by atoms with E-state index in [-0.39, 0.29) is 0 Å². The second-order valence-corrected chi connectivity index (χ2v) is 6.22. The quantitative estimate of drug-likeness (QED) is 0.730. The van der Waals surface area contributed by atoms with Crippen LogP contribution in [0.2, 0.25) is 0 Å². The molecule has 19 heavy (non-hydrogen) atoms. The Balaban J connectivity index is 2.32. The second kappa shape index (κ2) is 6.10. The third-order valence-electron chi connectivity index (χ3n) is 3.27. The SMILES string of the molecule is CC(C)CN(CC(C)C)c1ccc2ccccc2c1. The molecule has 0 spiro atoms. The third kappa shape index (κ3) is 3.73. The van der Waals surface area contributed by atoms with Crippen LogP contribution >= 0.6 is 0 Å². The van der Waals surface area contributed by atoms with Crippen LogP contribution in [0.1, 0.15) is 27.7 Å². The third-order valence-corrected chi connectivity index (χ3v) is 3.27. The lowest BCUT2D eigenvalue weighted by molar-refractivity contribution is 0.553. The van der Waals surface area contributed by atoms with E-state index in [0.29, 0.717) is 11.8 Å². The van der Waals surface area contributed by atoms with Gasteiger partial charge in [-0.3, -0.25) is 0 Å². The highest BCUT2D eigenvalue weighted by molar-refractivity contribution is 5.85. The predicted octanol–water partition coefficient (Wildman–Crippen LogP) is 4.96. The van der Waals surface area contributed by atoms with Gasteiger partial charge in [0, 0.05) is 18.8 Å². The van der Waals surface area contributed by atoms with Crippen molar-refractivity contribution in [3.8, 4) is 0 Å². The first-order chi connectivity index (χ1) is 9.06. The summed E-state index contributed by atoms with van der Waals surface area (Å²) in [6.07, 6.45) is 0. The highest BCUT2D eigenvalue weighted by Crippen LogP contribution is 2.23. The Morgan fingerprint density at radius 3 is 1.95 bits per heavy atom. The number of hydrogen-bond donors (Lipinski definition) is 0. The largest absolute Gasteiger partial charge is 0.371 e. The monoisotopic (exact) mass is 255 g/mol. The normalized spacial score (nSPS) is 11.5. The van der Waals surface area contributed by atoms with Crippen molar-refractivity contribution in [3.63, 3.8) is 0 Å². The van der Waals surface area contributed by atoms with Gasteiger partial charge in [0.15, 0.2) is 0 Å². The Morgan fingerprint density at radius 2 is 1.37 bits per heavy atom. The summed E-state index contributed by atoms with van der Waals surface area (Å²) in [7, 11) is 0. The Hall–Kier alpha value is -1.50. The van der Waals surface area contributed by atoms with E-state index in [2.05, 4.69) is 75.1 Å². The topological polar surface area (TPSA) is 3.24 Å². The fraction of sp³-hybridized carbons (Fsp3) is 0.444. The van der Waals surface area contributed by atoms with Crippen LogP contribution in [-0.2, 0) is 0 Å². The van der Waals surface area contributed by atoms with Crippen molar-refractivity contribution in [2.75, 3.05) is 18.0 Å². The van der Waals surface area contributed by atoms with E-state index in [1.807, 2.05) is 0 Å². The summed E-state index contributed by atoms with van der Waals surface area (Å²) in [5, 5.41) is 2.65. The van der Waals surface area contributed by atoms with Crippen LogP contribution in [0.5, 0.6) is 0 Å². The van der Waals surface area contributed by atoms with Crippen LogP contribution < -0.4 is 4.90 Å². The molecular formula is C18H25N. The maximum absolute atomic E-state index is 2.52. The van der Waals surface area contributed by atoms with E-state index in [9.17, 15) is 0 Å². The first kappa shape index (κ1) is 13.9. The summed E-state index contributed by atoms with van der Waals surface area (Å²) in [6, 6.07) is 15.4. The van der Waals surface area contributed by atoms with Crippen LogP contribution in [0.25, 0.3) is 10.8 Å². The Kier molecular flexibility index (Phi) is 4.47. The molecule has 0 N–H and O–H groups in total. The highest BCUT2D eigenvalue weighted by Gasteiger charge is 2.10. The van der Waals surface area contributed by atoms with Crippen molar-refractivity contribution in [1.29, 1.82) is 0 Å². The molecule has 0 fully saturated rings. The molecule has 1 heteroatoms. The predicted molar refractivity (Wildman–Crippen MR) is 85.8 cm³/mol. The summed E-state index contributed by atoms with van der Waals surface area (Å²) in [5.41, 5.74) is 1.35. The van der Waals surface area contributed by atoms with Crippen molar-refractivity contribution >= 4 is 16.5 Å². The second-order valence-electron chi connectivity index (χ2n) is 6.22. The number of fused-ring (bicyclic) bond motifs is 1.